The first kappa shape index (κ1) is 26.3. The molecular formula is C27H24BrI2N3O2. The molecule has 35 heavy (non-hydrogen) atoms. The molecule has 5 nitrogen and oxygen atoms in total. The van der Waals surface area contributed by atoms with E-state index in [1.165, 1.54) is 10.2 Å². The molecule has 8 heteroatoms. The smallest absolute Gasteiger partial charge is 0.282 e. The zero-order valence-corrected chi connectivity index (χ0v) is 25.7. The lowest BCUT2D eigenvalue weighted by Crippen LogP contribution is -2.29. The predicted octanol–water partition coefficient (Wildman–Crippen LogP) is 7.44. The number of aryl methyl sites for hydroxylation is 1. The van der Waals surface area contributed by atoms with Crippen LogP contribution in [0.2, 0.25) is 0 Å². The Morgan fingerprint density at radius 3 is 2.46 bits per heavy atom. The summed E-state index contributed by atoms with van der Waals surface area (Å²) in [5, 5.41) is 5.11. The number of nitrogens with zero attached hydrogens (tertiary/aromatic N) is 3. The number of halogens is 3. The van der Waals surface area contributed by atoms with Gasteiger partial charge >= 0.3 is 0 Å². The lowest BCUT2D eigenvalue weighted by Gasteiger charge is -2.21. The zero-order chi connectivity index (χ0) is 25.3. The van der Waals surface area contributed by atoms with Crippen molar-refractivity contribution in [2.45, 2.75) is 39.7 Å². The van der Waals surface area contributed by atoms with Crippen molar-refractivity contribution in [2.75, 3.05) is 0 Å². The summed E-state index contributed by atoms with van der Waals surface area (Å²) < 4.78 is 10.3. The molecule has 180 valence electrons. The van der Waals surface area contributed by atoms with Crippen LogP contribution in [-0.2, 0) is 12.0 Å². The Kier molecular flexibility index (Phi) is 8.02. The first-order chi connectivity index (χ1) is 16.5. The predicted molar refractivity (Wildman–Crippen MR) is 163 cm³/mol. The molecule has 0 atom stereocenters. The maximum atomic E-state index is 13.4. The molecule has 3 aromatic carbocycles. The van der Waals surface area contributed by atoms with Crippen molar-refractivity contribution < 1.29 is 4.74 Å². The van der Waals surface area contributed by atoms with Crippen LogP contribution in [0.1, 0.15) is 43.3 Å². The number of rotatable bonds is 5. The van der Waals surface area contributed by atoms with Crippen LogP contribution in [0.15, 0.2) is 69.0 Å². The average Bonchev–Trinajstić information content (AvgIpc) is 2.77. The van der Waals surface area contributed by atoms with Crippen molar-refractivity contribution in [3.63, 3.8) is 0 Å². The van der Waals surface area contributed by atoms with E-state index in [4.69, 9.17) is 9.72 Å². The molecule has 1 heterocycles. The number of fused-ring (bicyclic) bond motifs is 1. The molecule has 0 fully saturated rings. The summed E-state index contributed by atoms with van der Waals surface area (Å²) in [6.45, 7) is 8.66. The Balaban J connectivity index is 1.68. The Morgan fingerprint density at radius 2 is 1.80 bits per heavy atom. The normalized spacial score (nSPS) is 12.0. The van der Waals surface area contributed by atoms with Crippen LogP contribution in [0.25, 0.3) is 10.9 Å². The van der Waals surface area contributed by atoms with Gasteiger partial charge in [0.1, 0.15) is 18.2 Å². The van der Waals surface area contributed by atoms with E-state index in [-0.39, 0.29) is 11.0 Å². The number of aromatic nitrogens is 2. The molecule has 0 aliphatic heterocycles. The standard InChI is InChI=1S/C27H24BrI2N3O2/c1-16-6-5-7-17(10-16)15-35-24-21(29)11-18(12-22(24)30)14-31-33-25(34)20-13-19(28)8-9-23(20)32-26(33)27(2,3)4/h5-14H,15H2,1-4H3. The van der Waals surface area contributed by atoms with E-state index < -0.39 is 0 Å². The molecule has 0 spiro atoms. The van der Waals surface area contributed by atoms with Gasteiger partial charge in [0.05, 0.1) is 24.3 Å². The van der Waals surface area contributed by atoms with Crippen LogP contribution >= 0.6 is 61.1 Å². The van der Waals surface area contributed by atoms with E-state index in [0.29, 0.717) is 23.3 Å². The number of benzene rings is 3. The quantitative estimate of drug-likeness (QED) is 0.157. The highest BCUT2D eigenvalue weighted by atomic mass is 127. The minimum absolute atomic E-state index is 0.194. The largest absolute Gasteiger partial charge is 0.487 e. The van der Waals surface area contributed by atoms with Crippen LogP contribution in [-0.4, -0.2) is 15.9 Å². The topological polar surface area (TPSA) is 56.5 Å². The lowest BCUT2D eigenvalue weighted by molar-refractivity contribution is 0.301. The third kappa shape index (κ3) is 6.14. The minimum Gasteiger partial charge on any atom is -0.487 e. The molecule has 4 rings (SSSR count). The summed E-state index contributed by atoms with van der Waals surface area (Å²) in [6, 6.07) is 17.8. The number of ether oxygens (including phenoxy) is 1. The molecule has 0 saturated carbocycles. The first-order valence-electron chi connectivity index (χ1n) is 11.0. The van der Waals surface area contributed by atoms with Crippen LogP contribution in [0.3, 0.4) is 0 Å². The first-order valence-corrected chi connectivity index (χ1v) is 13.9. The van der Waals surface area contributed by atoms with Crippen molar-refractivity contribution in [3.05, 3.63) is 99.1 Å². The third-order valence-corrected chi connectivity index (χ3v) is 7.38. The van der Waals surface area contributed by atoms with E-state index in [2.05, 4.69) is 91.3 Å². The van der Waals surface area contributed by atoms with Gasteiger partial charge in [-0.15, -0.1) is 0 Å². The second-order valence-electron chi connectivity index (χ2n) is 9.30. The van der Waals surface area contributed by atoms with E-state index >= 15 is 0 Å². The van der Waals surface area contributed by atoms with Crippen molar-refractivity contribution in [1.82, 2.24) is 9.66 Å². The van der Waals surface area contributed by atoms with Gasteiger partial charge in [0, 0.05) is 9.89 Å². The summed E-state index contributed by atoms with van der Waals surface area (Å²) in [6.07, 6.45) is 1.71. The van der Waals surface area contributed by atoms with Crippen molar-refractivity contribution in [1.29, 1.82) is 0 Å². The Morgan fingerprint density at radius 1 is 1.09 bits per heavy atom. The Labute approximate surface area is 240 Å². The second kappa shape index (κ2) is 10.7. The second-order valence-corrected chi connectivity index (χ2v) is 12.5. The highest BCUT2D eigenvalue weighted by molar-refractivity contribution is 14.1. The average molecular weight is 756 g/mol. The lowest BCUT2D eigenvalue weighted by atomic mass is 9.95. The molecule has 0 aliphatic carbocycles. The van der Waals surface area contributed by atoms with Gasteiger partial charge < -0.3 is 4.74 Å². The minimum atomic E-state index is -0.367. The highest BCUT2D eigenvalue weighted by Gasteiger charge is 2.23. The molecule has 0 radical (unpaired) electrons. The summed E-state index contributed by atoms with van der Waals surface area (Å²) in [5.41, 5.74) is 3.32. The molecule has 0 N–H and O–H groups in total. The monoisotopic (exact) mass is 755 g/mol. The van der Waals surface area contributed by atoms with Crippen molar-refractivity contribution in [3.8, 4) is 5.75 Å². The Hall–Kier alpha value is -1.79. The van der Waals surface area contributed by atoms with Crippen LogP contribution in [0, 0.1) is 14.1 Å². The molecule has 0 unspecified atom stereocenters. The van der Waals surface area contributed by atoms with Crippen molar-refractivity contribution >= 4 is 78.2 Å². The molecular weight excluding hydrogens is 732 g/mol. The molecule has 0 aliphatic rings. The van der Waals surface area contributed by atoms with Gasteiger partial charge in [-0.05, 0) is 93.6 Å². The maximum absolute atomic E-state index is 13.4. The van der Waals surface area contributed by atoms with Crippen LogP contribution in [0.4, 0.5) is 0 Å². The fourth-order valence-corrected chi connectivity index (χ4v) is 6.10. The van der Waals surface area contributed by atoms with E-state index in [1.807, 2.05) is 51.1 Å². The highest BCUT2D eigenvalue weighted by Crippen LogP contribution is 2.30. The summed E-state index contributed by atoms with van der Waals surface area (Å²) in [7, 11) is 0. The number of hydrogen-bond acceptors (Lipinski definition) is 4. The molecule has 0 amide bonds. The van der Waals surface area contributed by atoms with E-state index in [1.54, 1.807) is 12.3 Å². The van der Waals surface area contributed by atoms with E-state index in [9.17, 15) is 4.79 Å². The molecule has 0 saturated heterocycles. The summed E-state index contributed by atoms with van der Waals surface area (Å²) >= 11 is 8.01. The maximum Gasteiger partial charge on any atom is 0.282 e. The van der Waals surface area contributed by atoms with E-state index in [0.717, 1.165) is 28.5 Å². The molecule has 0 bridgehead atoms. The van der Waals surface area contributed by atoms with Gasteiger partial charge in [-0.1, -0.05) is 66.5 Å². The third-order valence-electron chi connectivity index (χ3n) is 5.29. The zero-order valence-electron chi connectivity index (χ0n) is 19.8. The van der Waals surface area contributed by atoms with Crippen molar-refractivity contribution in [2.24, 2.45) is 5.10 Å². The van der Waals surface area contributed by atoms with Crippen LogP contribution in [0.5, 0.6) is 5.75 Å². The van der Waals surface area contributed by atoms with Gasteiger partial charge in [0.25, 0.3) is 5.56 Å². The van der Waals surface area contributed by atoms with Gasteiger partial charge in [0.15, 0.2) is 0 Å². The van der Waals surface area contributed by atoms with Gasteiger partial charge in [0.2, 0.25) is 0 Å². The number of hydrogen-bond donors (Lipinski definition) is 0. The molecule has 1 aromatic heterocycles. The van der Waals surface area contributed by atoms with Gasteiger partial charge in [-0.3, -0.25) is 4.79 Å². The summed E-state index contributed by atoms with van der Waals surface area (Å²) in [5.74, 6) is 1.45. The SMILES string of the molecule is Cc1cccc(COc2c(I)cc(C=Nn3c(C(C)(C)C)nc4ccc(Br)cc4c3=O)cc2I)c1. The fourth-order valence-electron chi connectivity index (χ4n) is 3.62. The van der Waals surface area contributed by atoms with Gasteiger partial charge in [-0.25, -0.2) is 4.98 Å². The van der Waals surface area contributed by atoms with Crippen LogP contribution < -0.4 is 10.3 Å². The molecule has 4 aromatic rings. The van der Waals surface area contributed by atoms with Gasteiger partial charge in [-0.2, -0.15) is 9.78 Å². The fraction of sp³-hybridized carbons (Fsp3) is 0.222. The Bertz CT molecular complexity index is 1480. The summed E-state index contributed by atoms with van der Waals surface area (Å²) in [4.78, 5) is 18.1.